The van der Waals surface area contributed by atoms with Crippen LogP contribution in [0.15, 0.2) is 24.3 Å². The summed E-state index contributed by atoms with van der Waals surface area (Å²) in [4.78, 5) is 39.4. The summed E-state index contributed by atoms with van der Waals surface area (Å²) >= 11 is 0. The molecule has 3 aliphatic rings. The molecule has 2 aliphatic heterocycles. The number of fused-ring (bicyclic) bond motifs is 3. The van der Waals surface area contributed by atoms with E-state index in [1.807, 2.05) is 0 Å². The summed E-state index contributed by atoms with van der Waals surface area (Å²) in [5, 5.41) is 15.0. The van der Waals surface area contributed by atoms with Gasteiger partial charge in [0.25, 0.3) is 0 Å². The van der Waals surface area contributed by atoms with E-state index in [0.717, 1.165) is 0 Å². The maximum atomic E-state index is 13.6. The lowest BCUT2D eigenvalue weighted by Crippen LogP contribution is -2.50. The average molecular weight is 600 g/mol. The third-order valence-corrected chi connectivity index (χ3v) is 8.14. The lowest BCUT2D eigenvalue weighted by molar-refractivity contribution is -0.143. The number of methoxy groups -OCH3 is 3. The van der Waals surface area contributed by atoms with Crippen LogP contribution in [-0.4, -0.2) is 69.3 Å². The molecule has 1 saturated heterocycles. The Labute approximate surface area is 249 Å². The van der Waals surface area contributed by atoms with Gasteiger partial charge in [-0.1, -0.05) is 0 Å². The van der Waals surface area contributed by atoms with Crippen molar-refractivity contribution in [2.75, 3.05) is 34.7 Å². The van der Waals surface area contributed by atoms with Gasteiger partial charge in [-0.15, -0.1) is 0 Å². The zero-order valence-corrected chi connectivity index (χ0v) is 25.3. The van der Waals surface area contributed by atoms with Gasteiger partial charge in [-0.2, -0.15) is 0 Å². The highest BCUT2D eigenvalue weighted by Crippen LogP contribution is 2.58. The number of aliphatic hydroxyl groups is 1. The summed E-state index contributed by atoms with van der Waals surface area (Å²) in [7, 11) is 4.49. The van der Waals surface area contributed by atoms with Crippen LogP contribution in [0.5, 0.6) is 28.7 Å². The van der Waals surface area contributed by atoms with Gasteiger partial charge < -0.3 is 43.6 Å². The summed E-state index contributed by atoms with van der Waals surface area (Å²) < 4.78 is 38.8. The Hall–Kier alpha value is -4.19. The molecule has 43 heavy (non-hydrogen) atoms. The minimum atomic E-state index is -1.84. The number of amides is 1. The van der Waals surface area contributed by atoms with Crippen molar-refractivity contribution >= 4 is 17.8 Å². The van der Waals surface area contributed by atoms with Gasteiger partial charge in [0.2, 0.25) is 12.5 Å². The summed E-state index contributed by atoms with van der Waals surface area (Å²) in [5.41, 5.74) is -0.996. The molecular formula is C31H37NO11. The SMILES string of the molecule is COc1cc(C2c3cc4c(cc3C(O)(CC(=O)C(C)NC(=O)OC(C)(C)C)C3COC(=O)C23)OCO4)cc(OC)c1OC. The molecule has 5 unspecified atom stereocenters. The van der Waals surface area contributed by atoms with Crippen LogP contribution in [-0.2, 0) is 24.7 Å². The van der Waals surface area contributed by atoms with Crippen molar-refractivity contribution in [1.82, 2.24) is 5.32 Å². The Kier molecular flexibility index (Phi) is 7.84. The fraction of sp³-hybridized carbons (Fsp3) is 0.516. The van der Waals surface area contributed by atoms with Crippen LogP contribution < -0.4 is 29.0 Å². The van der Waals surface area contributed by atoms with Crippen molar-refractivity contribution in [3.05, 3.63) is 41.0 Å². The van der Waals surface area contributed by atoms with Crippen molar-refractivity contribution < 1.29 is 52.6 Å². The second-order valence-electron chi connectivity index (χ2n) is 11.9. The average Bonchev–Trinajstić information content (AvgIpc) is 3.57. The summed E-state index contributed by atoms with van der Waals surface area (Å²) in [5.74, 6) is -1.29. The zero-order chi connectivity index (χ0) is 31.3. The van der Waals surface area contributed by atoms with E-state index in [9.17, 15) is 19.5 Å². The van der Waals surface area contributed by atoms with Gasteiger partial charge in [-0.05, 0) is 68.7 Å². The van der Waals surface area contributed by atoms with Crippen LogP contribution >= 0.6 is 0 Å². The van der Waals surface area contributed by atoms with Gasteiger partial charge in [0, 0.05) is 18.3 Å². The maximum Gasteiger partial charge on any atom is 0.408 e. The summed E-state index contributed by atoms with van der Waals surface area (Å²) in [6.07, 6.45) is -1.16. The predicted octanol–water partition coefficient (Wildman–Crippen LogP) is 3.44. The van der Waals surface area contributed by atoms with Crippen molar-refractivity contribution in [2.24, 2.45) is 11.8 Å². The van der Waals surface area contributed by atoms with Crippen LogP contribution in [0.1, 0.15) is 56.7 Å². The lowest BCUT2D eigenvalue weighted by atomic mass is 9.59. The van der Waals surface area contributed by atoms with Crippen molar-refractivity contribution in [3.8, 4) is 28.7 Å². The normalized spacial score (nSPS) is 24.3. The molecule has 2 aromatic carbocycles. The summed E-state index contributed by atoms with van der Waals surface area (Å²) in [6, 6.07) is 5.91. The second-order valence-corrected chi connectivity index (χ2v) is 11.9. The molecule has 1 fully saturated rings. The fourth-order valence-electron chi connectivity index (χ4n) is 6.20. The first-order chi connectivity index (χ1) is 20.3. The molecule has 0 bridgehead atoms. The van der Waals surface area contributed by atoms with Gasteiger partial charge in [0.05, 0.1) is 39.9 Å². The lowest BCUT2D eigenvalue weighted by Gasteiger charge is -2.45. The number of rotatable bonds is 8. The molecule has 232 valence electrons. The van der Waals surface area contributed by atoms with Gasteiger partial charge in [-0.3, -0.25) is 9.59 Å². The number of hydrogen-bond donors (Lipinski definition) is 2. The fourth-order valence-corrected chi connectivity index (χ4v) is 6.20. The van der Waals surface area contributed by atoms with E-state index in [1.165, 1.54) is 28.3 Å². The number of ether oxygens (including phenoxy) is 7. The Morgan fingerprint density at radius 1 is 1.02 bits per heavy atom. The molecule has 0 aromatic heterocycles. The first kappa shape index (κ1) is 30.3. The number of alkyl carbamates (subject to hydrolysis) is 1. The predicted molar refractivity (Wildman–Crippen MR) is 151 cm³/mol. The molecule has 5 atom stereocenters. The number of carbonyl (C=O) groups is 3. The number of benzene rings is 2. The highest BCUT2D eigenvalue weighted by molar-refractivity contribution is 5.89. The highest BCUT2D eigenvalue weighted by atomic mass is 16.7. The number of cyclic esters (lactones) is 1. The Bertz CT molecular complexity index is 1420. The van der Waals surface area contributed by atoms with E-state index < -0.39 is 59.3 Å². The molecule has 5 rings (SSSR count). The molecule has 0 saturated carbocycles. The number of esters is 1. The van der Waals surface area contributed by atoms with Crippen molar-refractivity contribution in [1.29, 1.82) is 0 Å². The van der Waals surface area contributed by atoms with E-state index in [4.69, 9.17) is 33.2 Å². The number of nitrogens with one attached hydrogen (secondary N) is 1. The van der Waals surface area contributed by atoms with E-state index in [2.05, 4.69) is 5.32 Å². The van der Waals surface area contributed by atoms with Crippen LogP contribution in [0.4, 0.5) is 4.79 Å². The second kappa shape index (κ2) is 11.1. The maximum absolute atomic E-state index is 13.6. The molecule has 1 aliphatic carbocycles. The Morgan fingerprint density at radius 2 is 1.65 bits per heavy atom. The van der Waals surface area contributed by atoms with E-state index in [0.29, 0.717) is 45.4 Å². The molecule has 2 aromatic rings. The highest BCUT2D eigenvalue weighted by Gasteiger charge is 2.59. The third kappa shape index (κ3) is 5.39. The molecule has 1 amide bonds. The topological polar surface area (TPSA) is 148 Å². The molecular weight excluding hydrogens is 562 g/mol. The molecule has 12 nitrogen and oxygen atoms in total. The van der Waals surface area contributed by atoms with Crippen LogP contribution in [0.25, 0.3) is 0 Å². The minimum Gasteiger partial charge on any atom is -0.493 e. The van der Waals surface area contributed by atoms with Crippen LogP contribution in [0.3, 0.4) is 0 Å². The van der Waals surface area contributed by atoms with E-state index in [1.54, 1.807) is 45.0 Å². The standard InChI is InChI=1S/C31H37NO11/c1-15(32-29(35)43-30(2,3)4)20(33)12-31(36)18-11-22-21(41-14-42-22)10-17(18)25(26-19(31)13-40-28(26)34)16-8-23(37-5)27(39-7)24(9-16)38-6/h8-11,15,19,25-26,36H,12-14H2,1-7H3,(H,32,35). The number of hydrogen-bond acceptors (Lipinski definition) is 11. The molecule has 2 heterocycles. The third-order valence-electron chi connectivity index (χ3n) is 8.14. The van der Waals surface area contributed by atoms with E-state index in [-0.39, 0.29) is 13.4 Å². The van der Waals surface area contributed by atoms with Gasteiger partial charge in [0.15, 0.2) is 28.8 Å². The van der Waals surface area contributed by atoms with Gasteiger partial charge in [-0.25, -0.2) is 4.79 Å². The van der Waals surface area contributed by atoms with Gasteiger partial charge >= 0.3 is 12.1 Å². The van der Waals surface area contributed by atoms with E-state index >= 15 is 0 Å². The molecule has 0 spiro atoms. The Morgan fingerprint density at radius 3 is 2.23 bits per heavy atom. The smallest absolute Gasteiger partial charge is 0.408 e. The number of Topliss-reactive ketones (excluding diaryl/α,β-unsaturated/α-hetero) is 1. The molecule has 12 heteroatoms. The number of carbonyl (C=O) groups excluding carboxylic acids is 3. The largest absolute Gasteiger partial charge is 0.493 e. The molecule has 2 N–H and O–H groups in total. The van der Waals surface area contributed by atoms with Gasteiger partial charge in [0.1, 0.15) is 11.2 Å². The quantitative estimate of drug-likeness (QED) is 0.430. The van der Waals surface area contributed by atoms with Crippen LogP contribution in [0.2, 0.25) is 0 Å². The first-order valence-electron chi connectivity index (χ1n) is 14.0. The monoisotopic (exact) mass is 599 g/mol. The summed E-state index contributed by atoms with van der Waals surface area (Å²) in [6.45, 7) is 6.53. The first-order valence-corrected chi connectivity index (χ1v) is 14.0. The zero-order valence-electron chi connectivity index (χ0n) is 25.3. The van der Waals surface area contributed by atoms with Crippen molar-refractivity contribution in [3.63, 3.8) is 0 Å². The Balaban J connectivity index is 1.61. The van der Waals surface area contributed by atoms with Crippen LogP contribution in [0, 0.1) is 11.8 Å². The minimum absolute atomic E-state index is 0.0177. The van der Waals surface area contributed by atoms with Crippen molar-refractivity contribution in [2.45, 2.75) is 57.3 Å². The number of ketones is 1. The molecule has 0 radical (unpaired) electrons.